The van der Waals surface area contributed by atoms with Crippen LogP contribution in [0.25, 0.3) is 0 Å². The molecule has 1 fully saturated rings. The molecule has 0 heterocycles. The fraction of sp³-hybridized carbons (Fsp3) is 0.619. The summed E-state index contributed by atoms with van der Waals surface area (Å²) in [7, 11) is 0. The standard InChI is InChI=1S/C21H31NO3/c1-15-6-7-16(2)19(14-15)25-13-5-12-21(3,4)20(24)22-17-8-10-18(23)11-9-17/h6-7,14,17H,5,8-13H2,1-4H3,(H,22,24). The Balaban J connectivity index is 1.75. The molecule has 0 spiro atoms. The SMILES string of the molecule is Cc1ccc(C)c(OCCCC(C)(C)C(=O)NC2CCC(=O)CC2)c1. The minimum Gasteiger partial charge on any atom is -0.493 e. The first-order valence-corrected chi connectivity index (χ1v) is 9.30. The minimum absolute atomic E-state index is 0.0820. The molecular weight excluding hydrogens is 314 g/mol. The van der Waals surface area contributed by atoms with Crippen LogP contribution in [0.2, 0.25) is 0 Å². The first-order valence-electron chi connectivity index (χ1n) is 9.30. The van der Waals surface area contributed by atoms with Gasteiger partial charge in [0.15, 0.2) is 0 Å². The molecular formula is C21H31NO3. The first kappa shape index (κ1) is 19.5. The van der Waals surface area contributed by atoms with E-state index in [1.54, 1.807) is 0 Å². The van der Waals surface area contributed by atoms with Crippen LogP contribution in [0.4, 0.5) is 0 Å². The molecule has 0 saturated heterocycles. The van der Waals surface area contributed by atoms with E-state index in [2.05, 4.69) is 30.4 Å². The predicted molar refractivity (Wildman–Crippen MR) is 99.8 cm³/mol. The van der Waals surface area contributed by atoms with Gasteiger partial charge in [-0.3, -0.25) is 9.59 Å². The molecule has 4 heteroatoms. The molecule has 4 nitrogen and oxygen atoms in total. The third kappa shape index (κ3) is 5.87. The van der Waals surface area contributed by atoms with Crippen molar-refractivity contribution in [2.24, 2.45) is 5.41 Å². The Hall–Kier alpha value is -1.84. The zero-order valence-corrected chi connectivity index (χ0v) is 16.0. The van der Waals surface area contributed by atoms with Crippen LogP contribution in [0.5, 0.6) is 5.75 Å². The van der Waals surface area contributed by atoms with Crippen molar-refractivity contribution in [2.45, 2.75) is 72.3 Å². The maximum absolute atomic E-state index is 12.5. The highest BCUT2D eigenvalue weighted by atomic mass is 16.5. The van der Waals surface area contributed by atoms with Crippen LogP contribution >= 0.6 is 0 Å². The number of Topliss-reactive ketones (excluding diaryl/α,β-unsaturated/α-hetero) is 1. The highest BCUT2D eigenvalue weighted by Gasteiger charge is 2.30. The largest absolute Gasteiger partial charge is 0.493 e. The number of aryl methyl sites for hydroxylation is 2. The van der Waals surface area contributed by atoms with E-state index in [1.807, 2.05) is 20.8 Å². The molecule has 1 aromatic rings. The van der Waals surface area contributed by atoms with Gasteiger partial charge in [0.05, 0.1) is 6.61 Å². The van der Waals surface area contributed by atoms with E-state index in [4.69, 9.17) is 4.74 Å². The summed E-state index contributed by atoms with van der Waals surface area (Å²) in [6, 6.07) is 6.35. The molecule has 138 valence electrons. The summed E-state index contributed by atoms with van der Waals surface area (Å²) in [5, 5.41) is 3.12. The summed E-state index contributed by atoms with van der Waals surface area (Å²) >= 11 is 0. The molecule has 1 aliphatic rings. The normalized spacial score (nSPS) is 15.9. The molecule has 0 atom stereocenters. The lowest BCUT2D eigenvalue weighted by Gasteiger charge is -2.29. The lowest BCUT2D eigenvalue weighted by Crippen LogP contribution is -2.44. The molecule has 0 radical (unpaired) electrons. The molecule has 0 aromatic heterocycles. The number of carbonyl (C=O) groups is 2. The summed E-state index contributed by atoms with van der Waals surface area (Å²) in [5.74, 6) is 1.32. The van der Waals surface area contributed by atoms with Crippen LogP contribution in [0, 0.1) is 19.3 Å². The molecule has 1 saturated carbocycles. The van der Waals surface area contributed by atoms with Gasteiger partial charge in [-0.25, -0.2) is 0 Å². The van der Waals surface area contributed by atoms with Crippen molar-refractivity contribution in [1.82, 2.24) is 5.32 Å². The van der Waals surface area contributed by atoms with Gasteiger partial charge in [-0.15, -0.1) is 0 Å². The number of amides is 1. The summed E-state index contributed by atoms with van der Waals surface area (Å²) in [5.41, 5.74) is 1.90. The van der Waals surface area contributed by atoms with Gasteiger partial charge in [0.1, 0.15) is 11.5 Å². The lowest BCUT2D eigenvalue weighted by atomic mass is 9.85. The Bertz CT molecular complexity index is 612. The second-order valence-electron chi connectivity index (χ2n) is 7.89. The van der Waals surface area contributed by atoms with Crippen LogP contribution in [-0.4, -0.2) is 24.3 Å². The Morgan fingerprint density at radius 2 is 1.92 bits per heavy atom. The number of hydrogen-bond donors (Lipinski definition) is 1. The van der Waals surface area contributed by atoms with E-state index >= 15 is 0 Å². The molecule has 1 N–H and O–H groups in total. The third-order valence-corrected chi connectivity index (χ3v) is 5.04. The Morgan fingerprint density at radius 3 is 2.60 bits per heavy atom. The maximum atomic E-state index is 12.5. The quantitative estimate of drug-likeness (QED) is 0.757. The van der Waals surface area contributed by atoms with Crippen molar-refractivity contribution in [3.63, 3.8) is 0 Å². The van der Waals surface area contributed by atoms with E-state index in [0.717, 1.165) is 37.0 Å². The summed E-state index contributed by atoms with van der Waals surface area (Å²) in [6.07, 6.45) is 4.34. The number of nitrogens with one attached hydrogen (secondary N) is 1. The van der Waals surface area contributed by atoms with E-state index < -0.39 is 5.41 Å². The molecule has 1 amide bonds. The van der Waals surface area contributed by atoms with Crippen LogP contribution in [0.1, 0.15) is 63.5 Å². The van der Waals surface area contributed by atoms with Gasteiger partial charge in [0.25, 0.3) is 0 Å². The number of rotatable bonds is 7. The monoisotopic (exact) mass is 345 g/mol. The van der Waals surface area contributed by atoms with Crippen LogP contribution in [-0.2, 0) is 9.59 Å². The molecule has 2 rings (SSSR count). The van der Waals surface area contributed by atoms with Gasteiger partial charge in [0, 0.05) is 24.3 Å². The lowest BCUT2D eigenvalue weighted by molar-refractivity contribution is -0.131. The third-order valence-electron chi connectivity index (χ3n) is 5.04. The van der Waals surface area contributed by atoms with Crippen LogP contribution in [0.3, 0.4) is 0 Å². The molecule has 0 unspecified atom stereocenters. The van der Waals surface area contributed by atoms with E-state index in [9.17, 15) is 9.59 Å². The highest BCUT2D eigenvalue weighted by molar-refractivity contribution is 5.83. The van der Waals surface area contributed by atoms with Gasteiger partial charge >= 0.3 is 0 Å². The van der Waals surface area contributed by atoms with Crippen molar-refractivity contribution in [2.75, 3.05) is 6.61 Å². The van der Waals surface area contributed by atoms with Crippen LogP contribution in [0.15, 0.2) is 18.2 Å². The zero-order valence-electron chi connectivity index (χ0n) is 16.0. The molecule has 1 aromatic carbocycles. The van der Waals surface area contributed by atoms with Gasteiger partial charge < -0.3 is 10.1 Å². The minimum atomic E-state index is -0.424. The van der Waals surface area contributed by atoms with Crippen molar-refractivity contribution < 1.29 is 14.3 Å². The van der Waals surface area contributed by atoms with Crippen molar-refractivity contribution in [3.8, 4) is 5.75 Å². The fourth-order valence-electron chi connectivity index (χ4n) is 3.14. The van der Waals surface area contributed by atoms with Gasteiger partial charge in [-0.05, 0) is 56.7 Å². The smallest absolute Gasteiger partial charge is 0.225 e. The number of carbonyl (C=O) groups excluding carboxylic acids is 2. The second-order valence-corrected chi connectivity index (χ2v) is 7.89. The zero-order chi connectivity index (χ0) is 18.4. The highest BCUT2D eigenvalue weighted by Crippen LogP contribution is 2.25. The van der Waals surface area contributed by atoms with Crippen molar-refractivity contribution >= 4 is 11.7 Å². The maximum Gasteiger partial charge on any atom is 0.225 e. The van der Waals surface area contributed by atoms with Crippen molar-refractivity contribution in [1.29, 1.82) is 0 Å². The van der Waals surface area contributed by atoms with Gasteiger partial charge in [-0.1, -0.05) is 26.0 Å². The van der Waals surface area contributed by atoms with Gasteiger partial charge in [0.2, 0.25) is 5.91 Å². The average Bonchev–Trinajstić information content (AvgIpc) is 2.56. The summed E-state index contributed by atoms with van der Waals surface area (Å²) in [4.78, 5) is 23.8. The predicted octanol–water partition coefficient (Wildman–Crippen LogP) is 4.12. The van der Waals surface area contributed by atoms with Crippen LogP contribution < -0.4 is 10.1 Å². The average molecular weight is 345 g/mol. The van der Waals surface area contributed by atoms with E-state index in [-0.39, 0.29) is 11.9 Å². The molecule has 1 aliphatic carbocycles. The second kappa shape index (κ2) is 8.50. The fourth-order valence-corrected chi connectivity index (χ4v) is 3.14. The Kier molecular flexibility index (Phi) is 6.63. The Morgan fingerprint density at radius 1 is 1.24 bits per heavy atom. The summed E-state index contributed by atoms with van der Waals surface area (Å²) in [6.45, 7) is 8.67. The number of hydrogen-bond acceptors (Lipinski definition) is 3. The van der Waals surface area contributed by atoms with Crippen molar-refractivity contribution in [3.05, 3.63) is 29.3 Å². The van der Waals surface area contributed by atoms with E-state index in [0.29, 0.717) is 25.2 Å². The number of ketones is 1. The Labute approximate surface area is 151 Å². The number of benzene rings is 1. The van der Waals surface area contributed by atoms with Gasteiger partial charge in [-0.2, -0.15) is 0 Å². The molecule has 25 heavy (non-hydrogen) atoms. The molecule has 0 aliphatic heterocycles. The number of ether oxygens (including phenoxy) is 1. The van der Waals surface area contributed by atoms with E-state index in [1.165, 1.54) is 5.56 Å². The summed E-state index contributed by atoms with van der Waals surface area (Å²) < 4.78 is 5.89. The first-order chi connectivity index (χ1) is 11.8. The molecule has 0 bridgehead atoms. The topological polar surface area (TPSA) is 55.4 Å².